The van der Waals surface area contributed by atoms with E-state index in [1.807, 2.05) is 30.3 Å². The molecule has 2 fully saturated rings. The summed E-state index contributed by atoms with van der Waals surface area (Å²) < 4.78 is 10.7. The standard InChI is InChI=1S/C17H19NO4/c1-3-9-17(16(20)21-2)10-13-11-22-14(18(13)15(17)19)12-7-5-4-6-8-12/h3-8,13-14H,1,9-11H2,2H3. The van der Waals surface area contributed by atoms with Crippen molar-refractivity contribution in [3.63, 3.8) is 0 Å². The largest absolute Gasteiger partial charge is 0.468 e. The molecular weight excluding hydrogens is 282 g/mol. The van der Waals surface area contributed by atoms with E-state index >= 15 is 0 Å². The molecule has 2 aliphatic heterocycles. The Hall–Kier alpha value is -2.14. The first-order valence-corrected chi connectivity index (χ1v) is 7.32. The molecule has 0 bridgehead atoms. The van der Waals surface area contributed by atoms with Crippen LogP contribution in [-0.4, -0.2) is 36.5 Å². The maximum Gasteiger partial charge on any atom is 0.321 e. The molecule has 2 saturated heterocycles. The lowest BCUT2D eigenvalue weighted by Gasteiger charge is -2.27. The summed E-state index contributed by atoms with van der Waals surface area (Å²) in [7, 11) is 1.31. The highest BCUT2D eigenvalue weighted by Crippen LogP contribution is 2.47. The number of rotatable bonds is 4. The zero-order chi connectivity index (χ0) is 15.7. The van der Waals surface area contributed by atoms with E-state index in [1.54, 1.807) is 11.0 Å². The monoisotopic (exact) mass is 301 g/mol. The van der Waals surface area contributed by atoms with Gasteiger partial charge in [0, 0.05) is 5.56 Å². The molecule has 2 aliphatic rings. The van der Waals surface area contributed by atoms with Gasteiger partial charge in [-0.15, -0.1) is 6.58 Å². The van der Waals surface area contributed by atoms with Crippen LogP contribution in [0, 0.1) is 5.41 Å². The number of esters is 1. The number of carbonyl (C=O) groups excluding carboxylic acids is 2. The van der Waals surface area contributed by atoms with Crippen molar-refractivity contribution < 1.29 is 19.1 Å². The quantitative estimate of drug-likeness (QED) is 0.485. The smallest absolute Gasteiger partial charge is 0.321 e. The van der Waals surface area contributed by atoms with Crippen LogP contribution >= 0.6 is 0 Å². The number of benzene rings is 1. The van der Waals surface area contributed by atoms with Crippen molar-refractivity contribution in [2.75, 3.05) is 13.7 Å². The van der Waals surface area contributed by atoms with Crippen molar-refractivity contribution in [2.24, 2.45) is 5.41 Å². The van der Waals surface area contributed by atoms with Crippen LogP contribution in [0.4, 0.5) is 0 Å². The highest BCUT2D eigenvalue weighted by atomic mass is 16.5. The van der Waals surface area contributed by atoms with Gasteiger partial charge < -0.3 is 14.4 Å². The van der Waals surface area contributed by atoms with Crippen LogP contribution in [0.3, 0.4) is 0 Å². The summed E-state index contributed by atoms with van der Waals surface area (Å²) in [5.41, 5.74) is -0.240. The number of amides is 1. The molecular formula is C17H19NO4. The average Bonchev–Trinajstić information content (AvgIpc) is 3.07. The molecule has 116 valence electrons. The van der Waals surface area contributed by atoms with Crippen molar-refractivity contribution in [3.8, 4) is 0 Å². The van der Waals surface area contributed by atoms with E-state index in [2.05, 4.69) is 6.58 Å². The Kier molecular flexibility index (Phi) is 3.74. The van der Waals surface area contributed by atoms with Gasteiger partial charge in [-0.1, -0.05) is 36.4 Å². The number of fused-ring (bicyclic) bond motifs is 1. The molecule has 0 aromatic heterocycles. The topological polar surface area (TPSA) is 55.8 Å². The fourth-order valence-corrected chi connectivity index (χ4v) is 3.46. The number of hydrogen-bond donors (Lipinski definition) is 0. The molecule has 1 aromatic rings. The van der Waals surface area contributed by atoms with Gasteiger partial charge in [0.1, 0.15) is 0 Å². The van der Waals surface area contributed by atoms with Gasteiger partial charge in [-0.25, -0.2) is 0 Å². The van der Waals surface area contributed by atoms with Crippen LogP contribution in [0.15, 0.2) is 43.0 Å². The van der Waals surface area contributed by atoms with Crippen LogP contribution in [0.25, 0.3) is 0 Å². The molecule has 5 heteroatoms. The third kappa shape index (κ3) is 2.04. The number of nitrogens with zero attached hydrogens (tertiary/aromatic N) is 1. The van der Waals surface area contributed by atoms with Crippen LogP contribution < -0.4 is 0 Å². The third-order valence-corrected chi connectivity index (χ3v) is 4.47. The predicted molar refractivity (Wildman–Crippen MR) is 79.6 cm³/mol. The summed E-state index contributed by atoms with van der Waals surface area (Å²) in [6.07, 6.45) is 1.87. The Labute approximate surface area is 129 Å². The first-order valence-electron chi connectivity index (χ1n) is 7.32. The summed E-state index contributed by atoms with van der Waals surface area (Å²) in [5.74, 6) is -0.714. The van der Waals surface area contributed by atoms with E-state index in [0.29, 0.717) is 13.0 Å². The van der Waals surface area contributed by atoms with Gasteiger partial charge in [0.05, 0.1) is 19.8 Å². The summed E-state index contributed by atoms with van der Waals surface area (Å²) in [4.78, 5) is 26.9. The van der Waals surface area contributed by atoms with Gasteiger partial charge in [-0.3, -0.25) is 9.59 Å². The average molecular weight is 301 g/mol. The highest BCUT2D eigenvalue weighted by molar-refractivity contribution is 6.05. The SMILES string of the molecule is C=CCC1(C(=O)OC)CC2COC(c3ccccc3)N2C1=O. The lowest BCUT2D eigenvalue weighted by atomic mass is 9.81. The van der Waals surface area contributed by atoms with Crippen LogP contribution in [0.5, 0.6) is 0 Å². The van der Waals surface area contributed by atoms with Crippen LogP contribution in [0.2, 0.25) is 0 Å². The molecule has 0 radical (unpaired) electrons. The van der Waals surface area contributed by atoms with E-state index in [4.69, 9.17) is 9.47 Å². The second kappa shape index (κ2) is 5.57. The highest BCUT2D eigenvalue weighted by Gasteiger charge is 2.60. The molecule has 3 rings (SSSR count). The molecule has 22 heavy (non-hydrogen) atoms. The van der Waals surface area contributed by atoms with E-state index in [1.165, 1.54) is 7.11 Å². The summed E-state index contributed by atoms with van der Waals surface area (Å²) in [6.45, 7) is 4.11. The number of hydrogen-bond acceptors (Lipinski definition) is 4. The second-order valence-corrected chi connectivity index (χ2v) is 5.73. The van der Waals surface area contributed by atoms with Gasteiger partial charge in [0.15, 0.2) is 11.6 Å². The zero-order valence-electron chi connectivity index (χ0n) is 12.5. The molecule has 2 heterocycles. The number of ether oxygens (including phenoxy) is 2. The fourth-order valence-electron chi connectivity index (χ4n) is 3.46. The zero-order valence-corrected chi connectivity index (χ0v) is 12.5. The molecule has 0 saturated carbocycles. The molecule has 1 amide bonds. The van der Waals surface area contributed by atoms with Gasteiger partial charge in [0.25, 0.3) is 0 Å². The first-order chi connectivity index (χ1) is 10.6. The Balaban J connectivity index is 1.95. The predicted octanol–water partition coefficient (Wildman–Crippen LogP) is 2.05. The van der Waals surface area contributed by atoms with Gasteiger partial charge >= 0.3 is 5.97 Å². The molecule has 3 atom stereocenters. The van der Waals surface area contributed by atoms with Crippen LogP contribution in [-0.2, 0) is 19.1 Å². The minimum absolute atomic E-state index is 0.100. The Morgan fingerprint density at radius 2 is 2.23 bits per heavy atom. The van der Waals surface area contributed by atoms with E-state index < -0.39 is 17.6 Å². The van der Waals surface area contributed by atoms with Crippen molar-refractivity contribution in [1.29, 1.82) is 0 Å². The van der Waals surface area contributed by atoms with Crippen molar-refractivity contribution in [1.82, 2.24) is 4.90 Å². The molecule has 0 spiro atoms. The lowest BCUT2D eigenvalue weighted by Crippen LogP contribution is -2.42. The van der Waals surface area contributed by atoms with E-state index in [9.17, 15) is 9.59 Å². The van der Waals surface area contributed by atoms with Gasteiger partial charge in [-0.05, 0) is 12.8 Å². The molecule has 0 aliphatic carbocycles. The molecule has 0 N–H and O–H groups in total. The fraction of sp³-hybridized carbons (Fsp3) is 0.412. The molecule has 3 unspecified atom stereocenters. The molecule has 5 nitrogen and oxygen atoms in total. The Bertz CT molecular complexity index is 600. The summed E-state index contributed by atoms with van der Waals surface area (Å²) in [6, 6.07) is 9.47. The Morgan fingerprint density at radius 1 is 1.50 bits per heavy atom. The lowest BCUT2D eigenvalue weighted by molar-refractivity contribution is -0.161. The number of methoxy groups -OCH3 is 1. The van der Waals surface area contributed by atoms with Crippen molar-refractivity contribution >= 4 is 11.9 Å². The van der Waals surface area contributed by atoms with Crippen molar-refractivity contribution in [2.45, 2.75) is 25.1 Å². The van der Waals surface area contributed by atoms with Gasteiger partial charge in [-0.2, -0.15) is 0 Å². The van der Waals surface area contributed by atoms with Crippen LogP contribution in [0.1, 0.15) is 24.6 Å². The van der Waals surface area contributed by atoms with Crippen molar-refractivity contribution in [3.05, 3.63) is 48.6 Å². The minimum Gasteiger partial charge on any atom is -0.468 e. The first kappa shape index (κ1) is 14.8. The number of allylic oxidation sites excluding steroid dienone is 1. The van der Waals surface area contributed by atoms with Gasteiger partial charge in [0.2, 0.25) is 5.91 Å². The van der Waals surface area contributed by atoms with E-state index in [0.717, 1.165) is 5.56 Å². The second-order valence-electron chi connectivity index (χ2n) is 5.73. The maximum atomic E-state index is 13.0. The summed E-state index contributed by atoms with van der Waals surface area (Å²) >= 11 is 0. The normalized spacial score (nSPS) is 30.2. The molecule has 1 aromatic carbocycles. The number of carbonyl (C=O) groups is 2. The summed E-state index contributed by atoms with van der Waals surface area (Å²) in [5, 5.41) is 0. The third-order valence-electron chi connectivity index (χ3n) is 4.47. The maximum absolute atomic E-state index is 13.0. The Morgan fingerprint density at radius 3 is 2.86 bits per heavy atom. The minimum atomic E-state index is -1.15. The van der Waals surface area contributed by atoms with E-state index in [-0.39, 0.29) is 18.4 Å².